The molecular formula is C9H20N2. The molecule has 0 saturated heterocycles. The summed E-state index contributed by atoms with van der Waals surface area (Å²) in [6.07, 6.45) is 4.89. The minimum absolute atomic E-state index is 0.454. The van der Waals surface area contributed by atoms with Crippen LogP contribution in [0.1, 0.15) is 27.7 Å². The van der Waals surface area contributed by atoms with Gasteiger partial charge in [0.05, 0.1) is 0 Å². The van der Waals surface area contributed by atoms with Gasteiger partial charge in [-0.25, -0.2) is 0 Å². The Kier molecular flexibility index (Phi) is 10.5. The number of allylic oxidation sites excluding steroid dienone is 2. The number of nitrogens with two attached hydrogens (primary N) is 2. The molecule has 0 aromatic rings. The molecule has 0 spiro atoms. The quantitative estimate of drug-likeness (QED) is 0.601. The molecule has 0 fully saturated rings. The standard InChI is InChI=1S/C7H14N2.C2H6/c1-6(2)7(5-9)3-4-8;1-2/h3-6H,8-9H2,1-2H3;1-2H3/b4-3-,7-5+;. The predicted molar refractivity (Wildman–Crippen MR) is 51.8 cm³/mol. The van der Waals surface area contributed by atoms with Crippen LogP contribution in [0.3, 0.4) is 0 Å². The summed E-state index contributed by atoms with van der Waals surface area (Å²) in [5.41, 5.74) is 11.5. The molecule has 0 saturated carbocycles. The fraction of sp³-hybridized carbons (Fsp3) is 0.556. The Labute approximate surface area is 70.0 Å². The highest BCUT2D eigenvalue weighted by Gasteiger charge is 1.95. The first-order chi connectivity index (χ1) is 5.22. The third kappa shape index (κ3) is 6.97. The largest absolute Gasteiger partial charge is 0.405 e. The second-order valence-corrected chi connectivity index (χ2v) is 2.18. The molecule has 0 atom stereocenters. The van der Waals surface area contributed by atoms with Crippen LogP contribution in [0.15, 0.2) is 24.0 Å². The molecule has 2 heteroatoms. The van der Waals surface area contributed by atoms with Crippen molar-refractivity contribution in [2.45, 2.75) is 27.7 Å². The molecule has 0 radical (unpaired) electrons. The van der Waals surface area contributed by atoms with Crippen molar-refractivity contribution in [2.75, 3.05) is 0 Å². The first-order valence-corrected chi connectivity index (χ1v) is 4.02. The molecule has 4 N–H and O–H groups in total. The molecule has 0 amide bonds. The Morgan fingerprint density at radius 3 is 1.73 bits per heavy atom. The third-order valence-electron chi connectivity index (χ3n) is 1.15. The summed E-state index contributed by atoms with van der Waals surface area (Å²) in [5, 5.41) is 0. The first-order valence-electron chi connectivity index (χ1n) is 4.02. The van der Waals surface area contributed by atoms with E-state index in [-0.39, 0.29) is 0 Å². The van der Waals surface area contributed by atoms with Crippen molar-refractivity contribution in [3.8, 4) is 0 Å². The van der Waals surface area contributed by atoms with Crippen LogP contribution in [-0.2, 0) is 0 Å². The van der Waals surface area contributed by atoms with Crippen LogP contribution in [0.4, 0.5) is 0 Å². The van der Waals surface area contributed by atoms with Crippen LogP contribution < -0.4 is 11.5 Å². The molecule has 66 valence electrons. The van der Waals surface area contributed by atoms with Crippen molar-refractivity contribution in [1.29, 1.82) is 0 Å². The minimum atomic E-state index is 0.454. The van der Waals surface area contributed by atoms with Crippen LogP contribution in [0.5, 0.6) is 0 Å². The topological polar surface area (TPSA) is 52.0 Å². The predicted octanol–water partition coefficient (Wildman–Crippen LogP) is 1.98. The van der Waals surface area contributed by atoms with Crippen LogP contribution in [0.2, 0.25) is 0 Å². The van der Waals surface area contributed by atoms with E-state index >= 15 is 0 Å². The summed E-state index contributed by atoms with van der Waals surface area (Å²) in [6.45, 7) is 8.14. The molecule has 0 bridgehead atoms. The average Bonchev–Trinajstić information content (AvgIpc) is 2.03. The third-order valence-corrected chi connectivity index (χ3v) is 1.15. The minimum Gasteiger partial charge on any atom is -0.405 e. The van der Waals surface area contributed by atoms with E-state index in [4.69, 9.17) is 11.5 Å². The average molecular weight is 156 g/mol. The Hall–Kier alpha value is -0.920. The highest BCUT2D eigenvalue weighted by molar-refractivity contribution is 5.18. The second kappa shape index (κ2) is 9.08. The lowest BCUT2D eigenvalue weighted by Gasteiger charge is -2.02. The Morgan fingerprint density at radius 1 is 1.18 bits per heavy atom. The summed E-state index contributed by atoms with van der Waals surface area (Å²) in [7, 11) is 0. The van der Waals surface area contributed by atoms with Gasteiger partial charge in [-0.1, -0.05) is 27.7 Å². The highest BCUT2D eigenvalue weighted by atomic mass is 14.5. The van der Waals surface area contributed by atoms with Crippen LogP contribution in [0.25, 0.3) is 0 Å². The van der Waals surface area contributed by atoms with Crippen molar-refractivity contribution in [3.63, 3.8) is 0 Å². The molecule has 11 heavy (non-hydrogen) atoms. The normalized spacial score (nSPS) is 11.5. The zero-order chi connectivity index (χ0) is 9.28. The van der Waals surface area contributed by atoms with E-state index in [2.05, 4.69) is 13.8 Å². The zero-order valence-electron chi connectivity index (χ0n) is 7.96. The number of hydrogen-bond donors (Lipinski definition) is 2. The highest BCUT2D eigenvalue weighted by Crippen LogP contribution is 2.07. The maximum atomic E-state index is 5.29. The monoisotopic (exact) mass is 156 g/mol. The van der Waals surface area contributed by atoms with E-state index in [0.717, 1.165) is 5.57 Å². The van der Waals surface area contributed by atoms with Gasteiger partial charge in [0, 0.05) is 0 Å². The van der Waals surface area contributed by atoms with Gasteiger partial charge in [0.1, 0.15) is 0 Å². The van der Waals surface area contributed by atoms with Crippen LogP contribution in [-0.4, -0.2) is 0 Å². The molecule has 0 aromatic heterocycles. The first kappa shape index (κ1) is 12.7. The van der Waals surface area contributed by atoms with Gasteiger partial charge < -0.3 is 11.5 Å². The SMILES string of the molecule is CC.CC(C)C(/C=C\N)=C/N. The zero-order valence-corrected chi connectivity index (χ0v) is 7.96. The van der Waals surface area contributed by atoms with Gasteiger partial charge in [0.15, 0.2) is 0 Å². The molecule has 0 heterocycles. The molecular weight excluding hydrogens is 136 g/mol. The van der Waals surface area contributed by atoms with Crippen molar-refractivity contribution < 1.29 is 0 Å². The van der Waals surface area contributed by atoms with Gasteiger partial charge >= 0.3 is 0 Å². The lowest BCUT2D eigenvalue weighted by Crippen LogP contribution is -1.95. The van der Waals surface area contributed by atoms with Crippen LogP contribution >= 0.6 is 0 Å². The Balaban J connectivity index is 0. The number of rotatable bonds is 2. The summed E-state index contributed by atoms with van der Waals surface area (Å²) >= 11 is 0. The molecule has 0 aromatic carbocycles. The lowest BCUT2D eigenvalue weighted by molar-refractivity contribution is 0.788. The summed E-state index contributed by atoms with van der Waals surface area (Å²) in [6, 6.07) is 0. The molecule has 0 unspecified atom stereocenters. The number of hydrogen-bond acceptors (Lipinski definition) is 2. The summed E-state index contributed by atoms with van der Waals surface area (Å²) in [5.74, 6) is 0.454. The van der Waals surface area contributed by atoms with Gasteiger partial charge in [-0.05, 0) is 30.0 Å². The molecule has 0 aliphatic heterocycles. The lowest BCUT2D eigenvalue weighted by atomic mass is 10.1. The van der Waals surface area contributed by atoms with E-state index in [0.29, 0.717) is 5.92 Å². The van der Waals surface area contributed by atoms with Crippen LogP contribution in [0, 0.1) is 5.92 Å². The smallest absolute Gasteiger partial charge is 0.00265 e. The second-order valence-electron chi connectivity index (χ2n) is 2.18. The van der Waals surface area contributed by atoms with Crippen molar-refractivity contribution in [2.24, 2.45) is 17.4 Å². The van der Waals surface area contributed by atoms with Gasteiger partial charge in [-0.3, -0.25) is 0 Å². The van der Waals surface area contributed by atoms with E-state index in [1.165, 1.54) is 6.20 Å². The van der Waals surface area contributed by atoms with E-state index in [1.807, 2.05) is 19.9 Å². The molecule has 0 aliphatic rings. The fourth-order valence-electron chi connectivity index (χ4n) is 0.552. The van der Waals surface area contributed by atoms with E-state index in [9.17, 15) is 0 Å². The van der Waals surface area contributed by atoms with Gasteiger partial charge in [0.2, 0.25) is 0 Å². The van der Waals surface area contributed by atoms with E-state index in [1.54, 1.807) is 6.20 Å². The maximum absolute atomic E-state index is 5.29. The Bertz CT molecular complexity index is 124. The summed E-state index contributed by atoms with van der Waals surface area (Å²) in [4.78, 5) is 0. The summed E-state index contributed by atoms with van der Waals surface area (Å²) < 4.78 is 0. The van der Waals surface area contributed by atoms with Crippen molar-refractivity contribution in [1.82, 2.24) is 0 Å². The molecule has 0 aliphatic carbocycles. The van der Waals surface area contributed by atoms with Crippen molar-refractivity contribution in [3.05, 3.63) is 24.0 Å². The molecule has 0 rings (SSSR count). The van der Waals surface area contributed by atoms with E-state index < -0.39 is 0 Å². The Morgan fingerprint density at radius 2 is 1.64 bits per heavy atom. The van der Waals surface area contributed by atoms with Gasteiger partial charge in [0.25, 0.3) is 0 Å². The fourth-order valence-corrected chi connectivity index (χ4v) is 0.552. The van der Waals surface area contributed by atoms with Gasteiger partial charge in [-0.2, -0.15) is 0 Å². The van der Waals surface area contributed by atoms with Gasteiger partial charge in [-0.15, -0.1) is 0 Å². The maximum Gasteiger partial charge on any atom is -0.00265 e. The van der Waals surface area contributed by atoms with Crippen molar-refractivity contribution >= 4 is 0 Å². The molecule has 2 nitrogen and oxygen atoms in total.